The van der Waals surface area contributed by atoms with E-state index in [1.54, 1.807) is 0 Å². The number of ether oxygens (including phenoxy) is 1. The fourth-order valence-corrected chi connectivity index (χ4v) is 9.58. The highest BCUT2D eigenvalue weighted by Gasteiger charge is 2.25. The second kappa shape index (κ2) is 45.0. The molecule has 7 nitrogen and oxygen atoms in total. The van der Waals surface area contributed by atoms with Gasteiger partial charge < -0.3 is 19.4 Å². The van der Waals surface area contributed by atoms with E-state index in [-0.39, 0.29) is 5.97 Å². The van der Waals surface area contributed by atoms with Gasteiger partial charge in [0.1, 0.15) is 0 Å². The summed E-state index contributed by atoms with van der Waals surface area (Å²) in [6.45, 7) is 21.0. The lowest BCUT2D eigenvalue weighted by Crippen LogP contribution is -2.46. The third kappa shape index (κ3) is 36.1. The van der Waals surface area contributed by atoms with E-state index in [9.17, 15) is 9.59 Å². The highest BCUT2D eigenvalue weighted by molar-refractivity contribution is 5.78. The minimum Gasteiger partial charge on any atom is -0.469 e. The van der Waals surface area contributed by atoms with Gasteiger partial charge in [0.05, 0.1) is 13.7 Å². The average Bonchev–Trinajstić information content (AvgIpc) is 3.28. The Labute approximate surface area is 388 Å². The Morgan fingerprint density at radius 2 is 0.742 bits per heavy atom. The van der Waals surface area contributed by atoms with Crippen LogP contribution in [0.25, 0.3) is 0 Å². The second-order valence-corrected chi connectivity index (χ2v) is 19.8. The van der Waals surface area contributed by atoms with Crippen LogP contribution < -0.4 is 0 Å². The molecule has 0 atom stereocenters. The Morgan fingerprint density at radius 3 is 1.13 bits per heavy atom. The monoisotopic (exact) mass is 875 g/mol. The lowest BCUT2D eigenvalue weighted by molar-refractivity contribution is -0.140. The summed E-state index contributed by atoms with van der Waals surface area (Å²) >= 11 is 0. The lowest BCUT2D eigenvalue weighted by atomic mass is 9.93. The smallest absolute Gasteiger partial charge is 0.305 e. The number of rotatable bonds is 47. The van der Waals surface area contributed by atoms with Gasteiger partial charge in [-0.1, -0.05) is 195 Å². The molecule has 0 radical (unpaired) electrons. The van der Waals surface area contributed by atoms with E-state index in [4.69, 9.17) is 4.74 Å². The molecule has 1 amide bonds. The van der Waals surface area contributed by atoms with E-state index in [0.717, 1.165) is 64.3 Å². The van der Waals surface area contributed by atoms with Crippen molar-refractivity contribution in [2.24, 2.45) is 5.92 Å². The van der Waals surface area contributed by atoms with E-state index in [0.29, 0.717) is 18.9 Å². The zero-order valence-corrected chi connectivity index (χ0v) is 42.8. The van der Waals surface area contributed by atoms with Crippen molar-refractivity contribution in [2.75, 3.05) is 79.1 Å². The maximum Gasteiger partial charge on any atom is 0.305 e. The number of methoxy groups -OCH3 is 1. The van der Waals surface area contributed by atoms with Gasteiger partial charge in [-0.3, -0.25) is 14.5 Å². The molecule has 0 aromatic rings. The first-order valence-electron chi connectivity index (χ1n) is 28.0. The van der Waals surface area contributed by atoms with Crippen molar-refractivity contribution >= 4 is 11.9 Å². The molecule has 1 aliphatic rings. The first-order valence-corrected chi connectivity index (χ1v) is 28.0. The third-order valence-electron chi connectivity index (χ3n) is 14.1. The standard InChI is InChI=1S/C55H110N4O3/c1-6-10-14-18-22-27-33-42-56(43-36-31-26-32-38-55(61)62-5)47-39-53-40-48-59(49-41-53)54(60)52-58(46-37-30-25-21-17-13-9-4)51-50-57(44-34-28-23-19-15-11-7-2)45-35-29-24-20-16-12-8-3/h53H,6-52H2,1-5H3. The van der Waals surface area contributed by atoms with Crippen molar-refractivity contribution < 1.29 is 14.3 Å². The minimum absolute atomic E-state index is 0.0795. The summed E-state index contributed by atoms with van der Waals surface area (Å²) in [6, 6.07) is 0. The van der Waals surface area contributed by atoms with Gasteiger partial charge in [-0.25, -0.2) is 0 Å². The number of hydrogen-bond donors (Lipinski definition) is 0. The summed E-state index contributed by atoms with van der Waals surface area (Å²) in [6.07, 6.45) is 46.5. The van der Waals surface area contributed by atoms with Crippen molar-refractivity contribution in [3.8, 4) is 0 Å². The van der Waals surface area contributed by atoms with Crippen LogP contribution in [0, 0.1) is 5.92 Å². The van der Waals surface area contributed by atoms with Gasteiger partial charge in [0.15, 0.2) is 0 Å². The number of carbonyl (C=O) groups excluding carboxylic acids is 2. The van der Waals surface area contributed by atoms with Crippen LogP contribution in [-0.2, 0) is 14.3 Å². The molecule has 0 saturated carbocycles. The van der Waals surface area contributed by atoms with Gasteiger partial charge in [0.25, 0.3) is 0 Å². The normalized spacial score (nSPS) is 13.6. The van der Waals surface area contributed by atoms with Crippen LogP contribution in [0.2, 0.25) is 0 Å². The van der Waals surface area contributed by atoms with Crippen molar-refractivity contribution in [2.45, 2.75) is 259 Å². The molecule has 0 bridgehead atoms. The van der Waals surface area contributed by atoms with Crippen molar-refractivity contribution in [1.29, 1.82) is 0 Å². The van der Waals surface area contributed by atoms with Crippen LogP contribution in [0.1, 0.15) is 259 Å². The van der Waals surface area contributed by atoms with Crippen LogP contribution in [0.4, 0.5) is 0 Å². The van der Waals surface area contributed by atoms with Crippen molar-refractivity contribution in [1.82, 2.24) is 19.6 Å². The molecule has 1 aliphatic heterocycles. The van der Waals surface area contributed by atoms with Crippen LogP contribution in [0.5, 0.6) is 0 Å². The number of hydrogen-bond acceptors (Lipinski definition) is 6. The molecule has 368 valence electrons. The van der Waals surface area contributed by atoms with Crippen LogP contribution >= 0.6 is 0 Å². The third-order valence-corrected chi connectivity index (χ3v) is 14.1. The minimum atomic E-state index is -0.0795. The van der Waals surface area contributed by atoms with Gasteiger partial charge in [0.2, 0.25) is 5.91 Å². The van der Waals surface area contributed by atoms with E-state index < -0.39 is 0 Å². The molecule has 1 rings (SSSR count). The summed E-state index contributed by atoms with van der Waals surface area (Å²) in [5.41, 5.74) is 0. The maximum atomic E-state index is 14.0. The number of piperidine rings is 1. The van der Waals surface area contributed by atoms with Gasteiger partial charge in [-0.05, 0) is 103 Å². The largest absolute Gasteiger partial charge is 0.469 e. The number of unbranched alkanes of at least 4 members (excludes halogenated alkanes) is 27. The molecule has 0 spiro atoms. The number of amides is 1. The Balaban J connectivity index is 2.72. The molecule has 1 fully saturated rings. The van der Waals surface area contributed by atoms with E-state index in [1.165, 1.54) is 239 Å². The molecule has 7 heteroatoms. The summed E-state index contributed by atoms with van der Waals surface area (Å²) in [4.78, 5) is 35.8. The van der Waals surface area contributed by atoms with Gasteiger partial charge in [0, 0.05) is 32.6 Å². The number of esters is 1. The van der Waals surface area contributed by atoms with Crippen LogP contribution in [0.3, 0.4) is 0 Å². The number of carbonyl (C=O) groups is 2. The lowest BCUT2D eigenvalue weighted by Gasteiger charge is -2.35. The maximum absolute atomic E-state index is 14.0. The molecule has 0 N–H and O–H groups in total. The first-order chi connectivity index (χ1) is 30.5. The molecule has 1 saturated heterocycles. The summed E-state index contributed by atoms with van der Waals surface area (Å²) in [5.74, 6) is 1.03. The molecule has 0 aliphatic carbocycles. The quantitative estimate of drug-likeness (QED) is 0.0448. The number of nitrogens with zero attached hydrogens (tertiary/aromatic N) is 4. The fourth-order valence-electron chi connectivity index (χ4n) is 9.58. The Kier molecular flexibility index (Phi) is 42.7. The summed E-state index contributed by atoms with van der Waals surface area (Å²) < 4.78 is 4.83. The van der Waals surface area contributed by atoms with E-state index in [1.807, 2.05) is 0 Å². The molecule has 0 unspecified atom stereocenters. The predicted octanol–water partition coefficient (Wildman–Crippen LogP) is 14.6. The zero-order valence-electron chi connectivity index (χ0n) is 42.8. The SMILES string of the molecule is CCCCCCCCCN(CCCCCCC(=O)OC)CCC1CCN(C(=O)CN(CCCCCCCCC)CCN(CCCCCCCCC)CCCCCCCCC)CC1. The van der Waals surface area contributed by atoms with Crippen molar-refractivity contribution in [3.63, 3.8) is 0 Å². The molecular weight excluding hydrogens is 765 g/mol. The van der Waals surface area contributed by atoms with Crippen LogP contribution in [-0.4, -0.2) is 111 Å². The molecular formula is C55H110N4O3. The zero-order chi connectivity index (χ0) is 45.0. The first kappa shape index (κ1) is 58.8. The molecule has 0 aromatic carbocycles. The second-order valence-electron chi connectivity index (χ2n) is 19.8. The average molecular weight is 876 g/mol. The van der Waals surface area contributed by atoms with E-state index in [2.05, 4.69) is 47.3 Å². The van der Waals surface area contributed by atoms with Gasteiger partial charge in [-0.2, -0.15) is 0 Å². The molecule has 62 heavy (non-hydrogen) atoms. The molecule has 0 aromatic heterocycles. The molecule has 1 heterocycles. The van der Waals surface area contributed by atoms with Gasteiger partial charge >= 0.3 is 5.97 Å². The summed E-state index contributed by atoms with van der Waals surface area (Å²) in [5, 5.41) is 0. The fraction of sp³-hybridized carbons (Fsp3) is 0.964. The highest BCUT2D eigenvalue weighted by atomic mass is 16.5. The Bertz CT molecular complexity index is 939. The topological polar surface area (TPSA) is 56.3 Å². The highest BCUT2D eigenvalue weighted by Crippen LogP contribution is 2.22. The Morgan fingerprint density at radius 1 is 0.419 bits per heavy atom. The number of likely N-dealkylation sites (tertiary alicyclic amines) is 1. The van der Waals surface area contributed by atoms with Crippen LogP contribution in [0.15, 0.2) is 0 Å². The Hall–Kier alpha value is -1.18. The van der Waals surface area contributed by atoms with Crippen molar-refractivity contribution in [3.05, 3.63) is 0 Å². The van der Waals surface area contributed by atoms with E-state index >= 15 is 0 Å². The van der Waals surface area contributed by atoms with Gasteiger partial charge in [-0.15, -0.1) is 0 Å². The summed E-state index contributed by atoms with van der Waals surface area (Å²) in [7, 11) is 1.49. The predicted molar refractivity (Wildman–Crippen MR) is 270 cm³/mol.